The van der Waals surface area contributed by atoms with E-state index >= 15 is 0 Å². The van der Waals surface area contributed by atoms with Crippen molar-refractivity contribution in [2.75, 3.05) is 6.61 Å². The molecule has 1 aliphatic carbocycles. The van der Waals surface area contributed by atoms with Crippen LogP contribution in [0.3, 0.4) is 0 Å². The maximum Gasteiger partial charge on any atom is 0.218 e. The van der Waals surface area contributed by atoms with Gasteiger partial charge in [-0.2, -0.15) is 4.99 Å². The van der Waals surface area contributed by atoms with Gasteiger partial charge < -0.3 is 9.47 Å². The van der Waals surface area contributed by atoms with Crippen LogP contribution < -0.4 is 0 Å². The maximum absolute atomic E-state index is 12.8. The molecular weight excluding hydrogens is 338 g/mol. The van der Waals surface area contributed by atoms with E-state index in [1.54, 1.807) is 0 Å². The zero-order chi connectivity index (χ0) is 18.0. The van der Waals surface area contributed by atoms with Gasteiger partial charge in [0.25, 0.3) is 0 Å². The molecule has 3 rings (SSSR count). The van der Waals surface area contributed by atoms with Gasteiger partial charge in [0.05, 0.1) is 6.61 Å². The summed E-state index contributed by atoms with van der Waals surface area (Å²) in [5, 5.41) is 0.666. The number of ketones is 1. The fraction of sp³-hybridized carbons (Fsp3) is 0.400. The molecular formula is C20H22ClNO3. The van der Waals surface area contributed by atoms with Crippen molar-refractivity contribution < 1.29 is 14.3 Å². The Balaban J connectivity index is 2.02. The second-order valence-corrected chi connectivity index (χ2v) is 7.54. The van der Waals surface area contributed by atoms with Crippen molar-refractivity contribution in [2.45, 2.75) is 39.5 Å². The van der Waals surface area contributed by atoms with E-state index in [-0.39, 0.29) is 17.1 Å². The number of nitrogens with zero attached hydrogens (tertiary/aromatic N) is 1. The van der Waals surface area contributed by atoms with Crippen LogP contribution in [0.4, 0.5) is 0 Å². The number of benzene rings is 1. The number of ether oxygens (including phenoxy) is 2. The molecule has 5 heteroatoms. The first-order chi connectivity index (χ1) is 11.9. The molecule has 1 aromatic carbocycles. The quantitative estimate of drug-likeness (QED) is 0.561. The number of carbonyl (C=O) groups is 1. The van der Waals surface area contributed by atoms with E-state index in [2.05, 4.69) is 18.8 Å². The van der Waals surface area contributed by atoms with Gasteiger partial charge in [0, 0.05) is 29.4 Å². The number of aliphatic imine (C=N–C) groups is 1. The smallest absolute Gasteiger partial charge is 0.218 e. The molecule has 1 aromatic rings. The zero-order valence-corrected chi connectivity index (χ0v) is 15.5. The minimum Gasteiger partial charge on any atom is -0.483 e. The van der Waals surface area contributed by atoms with Crippen molar-refractivity contribution in [1.29, 1.82) is 0 Å². The van der Waals surface area contributed by atoms with Crippen LogP contribution in [-0.2, 0) is 14.3 Å². The Labute approximate surface area is 153 Å². The molecule has 0 fully saturated rings. The highest BCUT2D eigenvalue weighted by Crippen LogP contribution is 2.46. The highest BCUT2D eigenvalue weighted by Gasteiger charge is 2.39. The summed E-state index contributed by atoms with van der Waals surface area (Å²) in [4.78, 5) is 17.1. The molecule has 0 bridgehead atoms. The molecule has 1 aliphatic heterocycles. The molecule has 0 radical (unpaired) electrons. The van der Waals surface area contributed by atoms with Crippen LogP contribution in [0.1, 0.15) is 45.1 Å². The molecule has 132 valence electrons. The average molecular weight is 360 g/mol. The Kier molecular flexibility index (Phi) is 5.00. The standard InChI is InChI=1S/C20H22ClNO3/c1-4-24-12-22-18-9-15(13-5-7-14(21)8-6-13)19-16(23)10-20(2,3)11-17(19)25-18/h5-9,12,15H,4,10-11H2,1-3H3/b22-12+. The van der Waals surface area contributed by atoms with Gasteiger partial charge in [-0.05, 0) is 36.1 Å². The second-order valence-electron chi connectivity index (χ2n) is 7.10. The van der Waals surface area contributed by atoms with Gasteiger partial charge in [-0.1, -0.05) is 37.6 Å². The minimum absolute atomic E-state index is 0.119. The van der Waals surface area contributed by atoms with Gasteiger partial charge in [0.1, 0.15) is 5.76 Å². The lowest BCUT2D eigenvalue weighted by Crippen LogP contribution is -2.30. The number of hydrogen-bond acceptors (Lipinski definition) is 4. The van der Waals surface area contributed by atoms with Crippen molar-refractivity contribution in [3.05, 3.63) is 58.1 Å². The van der Waals surface area contributed by atoms with Crippen molar-refractivity contribution >= 4 is 23.8 Å². The summed E-state index contributed by atoms with van der Waals surface area (Å²) in [5.41, 5.74) is 1.61. The molecule has 25 heavy (non-hydrogen) atoms. The van der Waals surface area contributed by atoms with E-state index < -0.39 is 0 Å². The summed E-state index contributed by atoms with van der Waals surface area (Å²) in [5.74, 6) is 1.12. The Bertz CT molecular complexity index is 760. The summed E-state index contributed by atoms with van der Waals surface area (Å²) in [7, 11) is 0. The van der Waals surface area contributed by atoms with Gasteiger partial charge in [-0.3, -0.25) is 4.79 Å². The first-order valence-electron chi connectivity index (χ1n) is 8.45. The van der Waals surface area contributed by atoms with Gasteiger partial charge in [-0.25, -0.2) is 0 Å². The molecule has 0 saturated carbocycles. The SMILES string of the molecule is CCO/C=N/C1=CC(c2ccc(Cl)cc2)C2=C(CC(C)(C)CC2=O)O1. The average Bonchev–Trinajstić information content (AvgIpc) is 2.53. The fourth-order valence-corrected chi connectivity index (χ4v) is 3.39. The van der Waals surface area contributed by atoms with Crippen LogP contribution >= 0.6 is 11.6 Å². The van der Waals surface area contributed by atoms with Crippen molar-refractivity contribution in [3.63, 3.8) is 0 Å². The minimum atomic E-state index is -0.182. The van der Waals surface area contributed by atoms with E-state index in [9.17, 15) is 4.79 Å². The summed E-state index contributed by atoms with van der Waals surface area (Å²) in [6.45, 7) is 6.59. The predicted molar refractivity (Wildman–Crippen MR) is 98.5 cm³/mol. The molecule has 0 amide bonds. The number of Topliss-reactive ketones (excluding diaryl/α,β-unsaturated/α-hetero) is 1. The fourth-order valence-electron chi connectivity index (χ4n) is 3.27. The maximum atomic E-state index is 12.8. The molecule has 1 atom stereocenters. The van der Waals surface area contributed by atoms with Gasteiger partial charge in [0.2, 0.25) is 5.88 Å². The molecule has 0 spiro atoms. The lowest BCUT2D eigenvalue weighted by atomic mass is 9.72. The van der Waals surface area contributed by atoms with Gasteiger partial charge in [-0.15, -0.1) is 0 Å². The summed E-state index contributed by atoms with van der Waals surface area (Å²) >= 11 is 6.01. The van der Waals surface area contributed by atoms with Crippen LogP contribution in [0.25, 0.3) is 0 Å². The highest BCUT2D eigenvalue weighted by molar-refractivity contribution is 6.30. The Hall–Kier alpha value is -2.07. The van der Waals surface area contributed by atoms with Crippen LogP contribution in [0.5, 0.6) is 0 Å². The zero-order valence-electron chi connectivity index (χ0n) is 14.7. The van der Waals surface area contributed by atoms with Crippen LogP contribution in [0.15, 0.2) is 52.5 Å². The lowest BCUT2D eigenvalue weighted by molar-refractivity contribution is -0.119. The third kappa shape index (κ3) is 3.96. The third-order valence-corrected chi connectivity index (χ3v) is 4.63. The first kappa shape index (κ1) is 17.7. The Morgan fingerprint density at radius 1 is 1.32 bits per heavy atom. The Morgan fingerprint density at radius 3 is 2.72 bits per heavy atom. The first-order valence-corrected chi connectivity index (χ1v) is 8.83. The Morgan fingerprint density at radius 2 is 2.04 bits per heavy atom. The molecule has 1 heterocycles. The summed E-state index contributed by atoms with van der Waals surface area (Å²) in [6, 6.07) is 7.55. The van der Waals surface area contributed by atoms with E-state index in [1.165, 1.54) is 6.40 Å². The molecule has 0 N–H and O–H groups in total. The largest absolute Gasteiger partial charge is 0.483 e. The topological polar surface area (TPSA) is 47.9 Å². The summed E-state index contributed by atoms with van der Waals surface area (Å²) in [6.07, 6.45) is 4.48. The monoisotopic (exact) mass is 359 g/mol. The number of rotatable bonds is 4. The number of halogens is 1. The lowest BCUT2D eigenvalue weighted by Gasteiger charge is -2.36. The van der Waals surface area contributed by atoms with Crippen molar-refractivity contribution in [2.24, 2.45) is 10.4 Å². The van der Waals surface area contributed by atoms with Gasteiger partial charge >= 0.3 is 0 Å². The highest BCUT2D eigenvalue weighted by atomic mass is 35.5. The second kappa shape index (κ2) is 7.04. The van der Waals surface area contributed by atoms with E-state index in [0.29, 0.717) is 36.1 Å². The van der Waals surface area contributed by atoms with E-state index in [4.69, 9.17) is 21.1 Å². The van der Waals surface area contributed by atoms with E-state index in [0.717, 1.165) is 11.1 Å². The number of carbonyl (C=O) groups excluding carboxylic acids is 1. The number of allylic oxidation sites excluding steroid dienone is 3. The van der Waals surface area contributed by atoms with Crippen LogP contribution in [-0.4, -0.2) is 18.8 Å². The molecule has 2 aliphatic rings. The van der Waals surface area contributed by atoms with Crippen molar-refractivity contribution in [3.8, 4) is 0 Å². The van der Waals surface area contributed by atoms with E-state index in [1.807, 2.05) is 37.3 Å². The molecule has 0 aromatic heterocycles. The van der Waals surface area contributed by atoms with Crippen molar-refractivity contribution in [1.82, 2.24) is 0 Å². The van der Waals surface area contributed by atoms with Crippen LogP contribution in [0.2, 0.25) is 5.02 Å². The third-order valence-electron chi connectivity index (χ3n) is 4.38. The molecule has 1 unspecified atom stereocenters. The predicted octanol–water partition coefficient (Wildman–Crippen LogP) is 5.00. The molecule has 0 saturated heterocycles. The normalized spacial score (nSPS) is 22.5. The van der Waals surface area contributed by atoms with Gasteiger partial charge in [0.15, 0.2) is 12.2 Å². The number of hydrogen-bond donors (Lipinski definition) is 0. The molecule has 4 nitrogen and oxygen atoms in total. The summed E-state index contributed by atoms with van der Waals surface area (Å²) < 4.78 is 11.1. The van der Waals surface area contributed by atoms with Crippen LogP contribution in [0, 0.1) is 5.41 Å².